The average molecular weight is 261 g/mol. The number of rotatable bonds is 5. The van der Waals surface area contributed by atoms with Crippen LogP contribution in [0.1, 0.15) is 36.1 Å². The summed E-state index contributed by atoms with van der Waals surface area (Å²) in [6.45, 7) is 3.94. The number of hydrogen-bond acceptors (Lipinski definition) is 4. The summed E-state index contributed by atoms with van der Waals surface area (Å²) in [6.07, 6.45) is 0. The third-order valence-corrected chi connectivity index (χ3v) is 2.60. The van der Waals surface area contributed by atoms with E-state index in [0.717, 1.165) is 0 Å². The van der Waals surface area contributed by atoms with Gasteiger partial charge in [-0.25, -0.2) is 9.48 Å². The van der Waals surface area contributed by atoms with Crippen molar-refractivity contribution in [2.24, 2.45) is 0 Å². The van der Waals surface area contributed by atoms with Crippen LogP contribution in [0.2, 0.25) is 0 Å². The van der Waals surface area contributed by atoms with Gasteiger partial charge in [-0.1, -0.05) is 23.4 Å². The highest BCUT2D eigenvalue weighted by atomic mass is 16.5. The molecule has 100 valence electrons. The highest BCUT2D eigenvalue weighted by Gasteiger charge is 2.20. The molecule has 0 amide bonds. The normalized spacial score (nSPS) is 10.7. The molecule has 2 aromatic rings. The van der Waals surface area contributed by atoms with E-state index in [1.807, 2.05) is 44.2 Å². The Kier molecular flexibility index (Phi) is 3.79. The Balaban J connectivity index is 2.23. The lowest BCUT2D eigenvalue weighted by Crippen LogP contribution is -2.13. The van der Waals surface area contributed by atoms with Crippen LogP contribution in [0, 0.1) is 0 Å². The van der Waals surface area contributed by atoms with Gasteiger partial charge in [-0.3, -0.25) is 0 Å². The molecule has 0 aliphatic carbocycles. The molecule has 0 saturated carbocycles. The third-order valence-electron chi connectivity index (χ3n) is 2.60. The van der Waals surface area contributed by atoms with Gasteiger partial charge in [0.25, 0.3) is 0 Å². The first kappa shape index (κ1) is 13.1. The van der Waals surface area contributed by atoms with Crippen molar-refractivity contribution in [2.45, 2.75) is 26.5 Å². The number of hydrogen-bond donors (Lipinski definition) is 1. The molecular weight excluding hydrogens is 246 g/mol. The first-order chi connectivity index (χ1) is 9.09. The van der Waals surface area contributed by atoms with Crippen LogP contribution in [0.5, 0.6) is 5.75 Å². The lowest BCUT2D eigenvalue weighted by Gasteiger charge is -2.11. The van der Waals surface area contributed by atoms with Crippen molar-refractivity contribution in [1.29, 1.82) is 0 Å². The van der Waals surface area contributed by atoms with E-state index in [2.05, 4.69) is 10.3 Å². The molecule has 0 atom stereocenters. The third kappa shape index (κ3) is 2.90. The Morgan fingerprint density at radius 2 is 2.05 bits per heavy atom. The second-order valence-corrected chi connectivity index (χ2v) is 4.33. The van der Waals surface area contributed by atoms with Crippen LogP contribution in [0.3, 0.4) is 0 Å². The highest BCUT2D eigenvalue weighted by Crippen LogP contribution is 2.16. The fourth-order valence-corrected chi connectivity index (χ4v) is 1.70. The minimum absolute atomic E-state index is 0.0231. The lowest BCUT2D eigenvalue weighted by atomic mass is 10.3. The number of benzene rings is 1. The van der Waals surface area contributed by atoms with Gasteiger partial charge >= 0.3 is 5.97 Å². The summed E-state index contributed by atoms with van der Waals surface area (Å²) in [6, 6.07) is 9.23. The topological polar surface area (TPSA) is 77.2 Å². The number of ether oxygens (including phenoxy) is 1. The van der Waals surface area contributed by atoms with E-state index in [0.29, 0.717) is 11.4 Å². The van der Waals surface area contributed by atoms with Crippen LogP contribution in [-0.4, -0.2) is 26.1 Å². The van der Waals surface area contributed by atoms with Crippen molar-refractivity contribution < 1.29 is 14.6 Å². The highest BCUT2D eigenvalue weighted by molar-refractivity contribution is 5.86. The lowest BCUT2D eigenvalue weighted by molar-refractivity contribution is 0.0687. The predicted molar refractivity (Wildman–Crippen MR) is 68.1 cm³/mol. The minimum Gasteiger partial charge on any atom is -0.487 e. The number of aromatic carboxylic acids is 1. The number of aromatic nitrogens is 3. The van der Waals surface area contributed by atoms with Gasteiger partial charge in [0.1, 0.15) is 18.1 Å². The van der Waals surface area contributed by atoms with Crippen molar-refractivity contribution in [3.63, 3.8) is 0 Å². The van der Waals surface area contributed by atoms with E-state index >= 15 is 0 Å². The molecule has 2 rings (SSSR count). The van der Waals surface area contributed by atoms with Crippen LogP contribution in [0.4, 0.5) is 0 Å². The average Bonchev–Trinajstić information content (AvgIpc) is 2.81. The van der Waals surface area contributed by atoms with Crippen LogP contribution in [-0.2, 0) is 6.61 Å². The van der Waals surface area contributed by atoms with Crippen molar-refractivity contribution in [2.75, 3.05) is 0 Å². The molecule has 0 fully saturated rings. The molecule has 0 spiro atoms. The molecule has 6 nitrogen and oxygen atoms in total. The first-order valence-corrected chi connectivity index (χ1v) is 5.94. The number of nitrogens with zero attached hydrogens (tertiary/aromatic N) is 3. The van der Waals surface area contributed by atoms with Crippen LogP contribution >= 0.6 is 0 Å². The fraction of sp³-hybridized carbons (Fsp3) is 0.308. The van der Waals surface area contributed by atoms with Gasteiger partial charge in [0.2, 0.25) is 0 Å². The van der Waals surface area contributed by atoms with Gasteiger partial charge in [-0.15, -0.1) is 5.10 Å². The van der Waals surface area contributed by atoms with Crippen molar-refractivity contribution in [1.82, 2.24) is 15.0 Å². The van der Waals surface area contributed by atoms with Gasteiger partial charge < -0.3 is 9.84 Å². The molecule has 0 radical (unpaired) electrons. The summed E-state index contributed by atoms with van der Waals surface area (Å²) in [4.78, 5) is 11.1. The molecular formula is C13H15N3O3. The number of carboxylic acids is 1. The van der Waals surface area contributed by atoms with Gasteiger partial charge in [0.15, 0.2) is 5.69 Å². The smallest absolute Gasteiger partial charge is 0.358 e. The monoisotopic (exact) mass is 261 g/mol. The maximum absolute atomic E-state index is 11.1. The summed E-state index contributed by atoms with van der Waals surface area (Å²) in [7, 11) is 0. The van der Waals surface area contributed by atoms with Gasteiger partial charge in [-0.2, -0.15) is 0 Å². The summed E-state index contributed by atoms with van der Waals surface area (Å²) in [5, 5.41) is 16.6. The molecule has 0 bridgehead atoms. The van der Waals surface area contributed by atoms with E-state index < -0.39 is 5.97 Å². The minimum atomic E-state index is -1.10. The fourth-order valence-electron chi connectivity index (χ4n) is 1.70. The zero-order valence-electron chi connectivity index (χ0n) is 10.8. The second-order valence-electron chi connectivity index (χ2n) is 4.33. The molecule has 1 N–H and O–H groups in total. The summed E-state index contributed by atoms with van der Waals surface area (Å²) in [5.41, 5.74) is 0.399. The molecule has 6 heteroatoms. The van der Waals surface area contributed by atoms with Crippen molar-refractivity contribution in [3.05, 3.63) is 41.7 Å². The summed E-state index contributed by atoms with van der Waals surface area (Å²) in [5.74, 6) is -0.422. The van der Waals surface area contributed by atoms with E-state index in [9.17, 15) is 4.79 Å². The van der Waals surface area contributed by atoms with E-state index in [-0.39, 0.29) is 18.3 Å². The predicted octanol–water partition coefficient (Wildman–Crippen LogP) is 2.14. The van der Waals surface area contributed by atoms with Crippen LogP contribution in [0.25, 0.3) is 0 Å². The Bertz CT molecular complexity index is 564. The zero-order valence-corrected chi connectivity index (χ0v) is 10.8. The maximum Gasteiger partial charge on any atom is 0.358 e. The SMILES string of the molecule is CC(C)n1nnc(C(=O)O)c1COc1ccccc1. The molecule has 1 heterocycles. The van der Waals surface area contributed by atoms with Crippen molar-refractivity contribution >= 4 is 5.97 Å². The molecule has 0 saturated heterocycles. The van der Waals surface area contributed by atoms with E-state index in [1.165, 1.54) is 0 Å². The molecule has 0 aliphatic heterocycles. The second kappa shape index (κ2) is 5.51. The first-order valence-electron chi connectivity index (χ1n) is 5.94. The Hall–Kier alpha value is -2.37. The molecule has 0 unspecified atom stereocenters. The molecule has 1 aromatic carbocycles. The van der Waals surface area contributed by atoms with Gasteiger partial charge in [-0.05, 0) is 26.0 Å². The van der Waals surface area contributed by atoms with Crippen LogP contribution < -0.4 is 4.74 Å². The largest absolute Gasteiger partial charge is 0.487 e. The molecule has 0 aliphatic rings. The van der Waals surface area contributed by atoms with E-state index in [1.54, 1.807) is 4.68 Å². The molecule has 1 aromatic heterocycles. The molecule has 19 heavy (non-hydrogen) atoms. The van der Waals surface area contributed by atoms with Gasteiger partial charge in [0.05, 0.1) is 0 Å². The van der Waals surface area contributed by atoms with E-state index in [4.69, 9.17) is 9.84 Å². The zero-order chi connectivity index (χ0) is 13.8. The van der Waals surface area contributed by atoms with Crippen molar-refractivity contribution in [3.8, 4) is 5.75 Å². The Morgan fingerprint density at radius 1 is 1.37 bits per heavy atom. The summed E-state index contributed by atoms with van der Waals surface area (Å²) < 4.78 is 7.13. The van der Waals surface area contributed by atoms with Gasteiger partial charge in [0, 0.05) is 6.04 Å². The number of para-hydroxylation sites is 1. The Labute approximate surface area is 110 Å². The Morgan fingerprint density at radius 3 is 2.63 bits per heavy atom. The summed E-state index contributed by atoms with van der Waals surface area (Å²) >= 11 is 0. The quantitative estimate of drug-likeness (QED) is 0.892. The van der Waals surface area contributed by atoms with Crippen LogP contribution in [0.15, 0.2) is 30.3 Å². The standard InChI is InChI=1S/C13H15N3O3/c1-9(2)16-11(12(13(17)18)14-15-16)8-19-10-6-4-3-5-7-10/h3-7,9H,8H2,1-2H3,(H,17,18). The number of carbonyl (C=O) groups is 1. The maximum atomic E-state index is 11.1. The number of carboxylic acid groups (broad SMARTS) is 1.